The molecule has 0 aromatic carbocycles. The summed E-state index contributed by atoms with van der Waals surface area (Å²) in [6.45, 7) is 15.4. The maximum Gasteiger partial charge on any atom is 0.128 e. The van der Waals surface area contributed by atoms with Crippen LogP contribution in [0.5, 0.6) is 0 Å². The van der Waals surface area contributed by atoms with E-state index in [-0.39, 0.29) is 0 Å². The predicted molar refractivity (Wildman–Crippen MR) is 55.4 cm³/mol. The van der Waals surface area contributed by atoms with E-state index >= 15 is 0 Å². The zero-order valence-corrected chi connectivity index (χ0v) is 8.30. The molecule has 0 aromatic rings. The molecule has 0 saturated carbocycles. The first-order valence-electron chi connectivity index (χ1n) is 4.27. The fraction of sp³-hybridized carbons (Fsp3) is 0.500. The lowest BCUT2D eigenvalue weighted by atomic mass is 10.4. The Morgan fingerprint density at radius 2 is 1.92 bits per heavy atom. The second-order valence-corrected chi connectivity index (χ2v) is 2.58. The molecule has 0 N–H and O–H groups in total. The second kappa shape index (κ2) is 5.58. The Labute approximate surface area is 75.3 Å². The third-order valence-electron chi connectivity index (χ3n) is 1.58. The smallest absolute Gasteiger partial charge is 0.128 e. The Morgan fingerprint density at radius 1 is 1.42 bits per heavy atom. The average molecular weight is 166 g/mol. The largest absolute Gasteiger partial charge is 0.357 e. The van der Waals surface area contributed by atoms with Gasteiger partial charge in [-0.15, -0.1) is 0 Å². The van der Waals surface area contributed by atoms with Gasteiger partial charge in [-0.2, -0.15) is 0 Å². The number of hydrogen-bond donors (Lipinski definition) is 0. The van der Waals surface area contributed by atoms with Crippen LogP contribution in [0.4, 0.5) is 0 Å². The quantitative estimate of drug-likeness (QED) is 0.462. The Morgan fingerprint density at radius 3 is 2.17 bits per heavy atom. The average Bonchev–Trinajstić information content (AvgIpc) is 2.04. The van der Waals surface area contributed by atoms with E-state index in [1.165, 1.54) is 0 Å². The number of aliphatic imine (C=N–C) groups is 1. The lowest BCUT2D eigenvalue weighted by Crippen LogP contribution is -2.28. The molecule has 68 valence electrons. The van der Waals surface area contributed by atoms with Gasteiger partial charge in [-0.05, 0) is 26.8 Å². The molecule has 12 heavy (non-hydrogen) atoms. The number of nitrogens with zero attached hydrogens (tertiary/aromatic N) is 2. The van der Waals surface area contributed by atoms with Crippen LogP contribution in [-0.2, 0) is 0 Å². The topological polar surface area (TPSA) is 15.6 Å². The summed E-state index contributed by atoms with van der Waals surface area (Å²) in [6, 6.07) is 0. The van der Waals surface area contributed by atoms with Gasteiger partial charge in [-0.25, -0.2) is 4.99 Å². The van der Waals surface area contributed by atoms with Crippen LogP contribution in [0.3, 0.4) is 0 Å². The highest BCUT2D eigenvalue weighted by Crippen LogP contribution is 1.97. The molecule has 0 amide bonds. The summed E-state index contributed by atoms with van der Waals surface area (Å²) >= 11 is 0. The first kappa shape index (κ1) is 11.0. The van der Waals surface area contributed by atoms with Crippen molar-refractivity contribution in [2.24, 2.45) is 4.99 Å². The Kier molecular flexibility index (Phi) is 5.09. The molecule has 0 saturated heterocycles. The Bertz CT molecular complexity index is 188. The number of amidine groups is 1. The molecule has 0 unspecified atom stereocenters. The summed E-state index contributed by atoms with van der Waals surface area (Å²) in [5, 5.41) is 0. The number of allylic oxidation sites excluding steroid dienone is 1. The van der Waals surface area contributed by atoms with E-state index in [1.807, 2.05) is 6.92 Å². The number of rotatable bonds is 4. The Hall–Kier alpha value is -1.05. The minimum Gasteiger partial charge on any atom is -0.357 e. The third-order valence-corrected chi connectivity index (χ3v) is 1.58. The highest BCUT2D eigenvalue weighted by Gasteiger charge is 2.01. The van der Waals surface area contributed by atoms with Gasteiger partial charge in [0.25, 0.3) is 0 Å². The Balaban J connectivity index is 4.51. The highest BCUT2D eigenvalue weighted by atomic mass is 15.2. The van der Waals surface area contributed by atoms with Crippen molar-refractivity contribution < 1.29 is 0 Å². The van der Waals surface area contributed by atoms with Crippen LogP contribution in [0.2, 0.25) is 0 Å². The number of likely N-dealkylation sites (N-methyl/N-ethyl adjacent to an activating group) is 1. The summed E-state index contributed by atoms with van der Waals surface area (Å²) in [5.41, 5.74) is 0.816. The predicted octanol–water partition coefficient (Wildman–Crippen LogP) is 2.45. The van der Waals surface area contributed by atoms with Crippen molar-refractivity contribution in [3.05, 3.63) is 24.9 Å². The monoisotopic (exact) mass is 166 g/mol. The molecule has 0 bridgehead atoms. The van der Waals surface area contributed by atoms with Crippen LogP contribution in [0.1, 0.15) is 20.8 Å². The SMILES string of the molecule is C=CC(=NC(=C)C)N(CC)CC. The minimum absolute atomic E-state index is 0.816. The van der Waals surface area contributed by atoms with Crippen LogP contribution >= 0.6 is 0 Å². The van der Waals surface area contributed by atoms with Crippen LogP contribution in [0, 0.1) is 0 Å². The van der Waals surface area contributed by atoms with E-state index in [0.29, 0.717) is 0 Å². The summed E-state index contributed by atoms with van der Waals surface area (Å²) in [6.07, 6.45) is 1.77. The normalized spacial score (nSPS) is 11.1. The van der Waals surface area contributed by atoms with E-state index < -0.39 is 0 Å². The van der Waals surface area contributed by atoms with E-state index in [0.717, 1.165) is 24.6 Å². The first-order valence-corrected chi connectivity index (χ1v) is 4.27. The van der Waals surface area contributed by atoms with Gasteiger partial charge >= 0.3 is 0 Å². The van der Waals surface area contributed by atoms with Crippen molar-refractivity contribution in [2.45, 2.75) is 20.8 Å². The van der Waals surface area contributed by atoms with Gasteiger partial charge in [0.2, 0.25) is 0 Å². The van der Waals surface area contributed by atoms with E-state index in [2.05, 4.69) is 36.9 Å². The molecule has 0 heterocycles. The van der Waals surface area contributed by atoms with Crippen molar-refractivity contribution >= 4 is 5.84 Å². The van der Waals surface area contributed by atoms with Crippen LogP contribution < -0.4 is 0 Å². The lowest BCUT2D eigenvalue weighted by Gasteiger charge is -2.20. The standard InChI is InChI=1S/C10H18N2/c1-6-10(11-9(4)5)12(7-2)8-3/h6H,1,4,7-8H2,2-3,5H3. The molecule has 0 atom stereocenters. The molecule has 0 radical (unpaired) electrons. The van der Waals surface area contributed by atoms with Crippen molar-refractivity contribution in [3.8, 4) is 0 Å². The molecular weight excluding hydrogens is 148 g/mol. The zero-order valence-electron chi connectivity index (χ0n) is 8.30. The van der Waals surface area contributed by atoms with Crippen molar-refractivity contribution in [3.63, 3.8) is 0 Å². The van der Waals surface area contributed by atoms with Gasteiger partial charge in [-0.3, -0.25) is 0 Å². The second-order valence-electron chi connectivity index (χ2n) is 2.58. The van der Waals surface area contributed by atoms with Gasteiger partial charge < -0.3 is 4.90 Å². The summed E-state index contributed by atoms with van der Waals surface area (Å²) in [5.74, 6) is 0.910. The minimum atomic E-state index is 0.816. The summed E-state index contributed by atoms with van der Waals surface area (Å²) < 4.78 is 0. The van der Waals surface area contributed by atoms with Crippen molar-refractivity contribution in [1.29, 1.82) is 0 Å². The van der Waals surface area contributed by atoms with Gasteiger partial charge in [0.05, 0.1) is 0 Å². The van der Waals surface area contributed by atoms with E-state index in [9.17, 15) is 0 Å². The molecule has 0 aromatic heterocycles. The molecule has 0 aliphatic heterocycles. The zero-order chi connectivity index (χ0) is 9.56. The van der Waals surface area contributed by atoms with Gasteiger partial charge in [0, 0.05) is 18.8 Å². The maximum atomic E-state index is 4.27. The maximum absolute atomic E-state index is 4.27. The van der Waals surface area contributed by atoms with Crippen LogP contribution in [0.15, 0.2) is 29.9 Å². The van der Waals surface area contributed by atoms with Crippen LogP contribution in [0.25, 0.3) is 0 Å². The number of hydrogen-bond acceptors (Lipinski definition) is 1. The fourth-order valence-corrected chi connectivity index (χ4v) is 0.989. The van der Waals surface area contributed by atoms with E-state index in [1.54, 1.807) is 6.08 Å². The van der Waals surface area contributed by atoms with Gasteiger partial charge in [0.1, 0.15) is 5.84 Å². The first-order chi connectivity index (χ1) is 5.65. The summed E-state index contributed by atoms with van der Waals surface area (Å²) in [4.78, 5) is 6.41. The van der Waals surface area contributed by atoms with Crippen molar-refractivity contribution in [2.75, 3.05) is 13.1 Å². The van der Waals surface area contributed by atoms with Gasteiger partial charge in [-0.1, -0.05) is 13.2 Å². The molecular formula is C10H18N2. The third kappa shape index (κ3) is 3.37. The molecule has 0 rings (SSSR count). The highest BCUT2D eigenvalue weighted by molar-refractivity contribution is 5.93. The summed E-state index contributed by atoms with van der Waals surface area (Å²) in [7, 11) is 0. The molecule has 0 fully saturated rings. The molecule has 0 aliphatic carbocycles. The molecule has 0 spiro atoms. The molecule has 0 aliphatic rings. The lowest BCUT2D eigenvalue weighted by molar-refractivity contribution is 0.468. The molecule has 2 nitrogen and oxygen atoms in total. The van der Waals surface area contributed by atoms with Gasteiger partial charge in [0.15, 0.2) is 0 Å². The van der Waals surface area contributed by atoms with Crippen molar-refractivity contribution in [1.82, 2.24) is 4.90 Å². The fourth-order valence-electron chi connectivity index (χ4n) is 0.989. The molecule has 2 heteroatoms. The van der Waals surface area contributed by atoms with E-state index in [4.69, 9.17) is 0 Å². The van der Waals surface area contributed by atoms with Crippen LogP contribution in [-0.4, -0.2) is 23.8 Å².